The van der Waals surface area contributed by atoms with E-state index >= 15 is 0 Å². The van der Waals surface area contributed by atoms with Gasteiger partial charge in [0, 0.05) is 48.5 Å². The topological polar surface area (TPSA) is 31.4 Å². The highest BCUT2D eigenvalue weighted by atomic mass is 79.9. The molecule has 1 aliphatic heterocycles. The van der Waals surface area contributed by atoms with E-state index in [9.17, 15) is 0 Å². The average Bonchev–Trinajstić information content (AvgIpc) is 2.31. The first kappa shape index (κ1) is 13.8. The lowest BCUT2D eigenvalue weighted by Gasteiger charge is -2.39. The summed E-state index contributed by atoms with van der Waals surface area (Å²) in [6.45, 7) is 6.35. The third-order valence-electron chi connectivity index (χ3n) is 3.38. The normalized spacial score (nSPS) is 21.3. The number of likely N-dealkylation sites (N-methyl/N-ethyl adjacent to an activating group) is 1. The molecule has 1 N–H and O–H groups in total. The Labute approximate surface area is 118 Å². The number of halogens is 1. The van der Waals surface area contributed by atoms with E-state index in [2.05, 4.69) is 56.1 Å². The molecule has 0 aromatic carbocycles. The summed E-state index contributed by atoms with van der Waals surface area (Å²) in [4.78, 5) is 9.41. The minimum absolute atomic E-state index is 0.507. The first-order valence-electron chi connectivity index (χ1n) is 6.36. The molecule has 18 heavy (non-hydrogen) atoms. The van der Waals surface area contributed by atoms with Gasteiger partial charge in [-0.3, -0.25) is 0 Å². The Balaban J connectivity index is 2.26. The Morgan fingerprint density at radius 3 is 2.94 bits per heavy atom. The van der Waals surface area contributed by atoms with E-state index in [1.807, 2.05) is 13.2 Å². The maximum Gasteiger partial charge on any atom is 0.133 e. The van der Waals surface area contributed by atoms with Gasteiger partial charge in [-0.25, -0.2) is 4.98 Å². The number of piperazine rings is 1. The number of anilines is 1. The Morgan fingerprint density at radius 2 is 2.28 bits per heavy atom. The number of hydrogen-bond acceptors (Lipinski definition) is 4. The first-order valence-corrected chi connectivity index (χ1v) is 7.15. The molecule has 2 rings (SSSR count). The molecule has 0 radical (unpaired) electrons. The minimum atomic E-state index is 0.507. The van der Waals surface area contributed by atoms with Crippen molar-refractivity contribution in [3.05, 3.63) is 22.3 Å². The smallest absolute Gasteiger partial charge is 0.133 e. The first-order chi connectivity index (χ1) is 8.61. The molecule has 2 heterocycles. The highest BCUT2D eigenvalue weighted by Crippen LogP contribution is 2.24. The molecule has 1 aromatic rings. The summed E-state index contributed by atoms with van der Waals surface area (Å²) < 4.78 is 1.04. The molecule has 4 nitrogen and oxygen atoms in total. The summed E-state index contributed by atoms with van der Waals surface area (Å²) in [5, 5.41) is 3.22. The lowest BCUT2D eigenvalue weighted by molar-refractivity contribution is 0.274. The van der Waals surface area contributed by atoms with E-state index < -0.39 is 0 Å². The number of rotatable bonds is 3. The lowest BCUT2D eigenvalue weighted by atomic mass is 10.1. The highest BCUT2D eigenvalue weighted by molar-refractivity contribution is 9.10. The summed E-state index contributed by atoms with van der Waals surface area (Å²) in [7, 11) is 4.15. The molecular weight excluding hydrogens is 292 g/mol. The van der Waals surface area contributed by atoms with E-state index in [0.717, 1.165) is 36.5 Å². The van der Waals surface area contributed by atoms with Crippen LogP contribution in [0.3, 0.4) is 0 Å². The van der Waals surface area contributed by atoms with Crippen molar-refractivity contribution in [1.82, 2.24) is 15.2 Å². The van der Waals surface area contributed by atoms with Gasteiger partial charge < -0.3 is 15.1 Å². The van der Waals surface area contributed by atoms with Crippen molar-refractivity contribution in [2.45, 2.75) is 19.5 Å². The zero-order valence-electron chi connectivity index (χ0n) is 11.3. The predicted octanol–water partition coefficient (Wildman–Crippen LogP) is 1.70. The fourth-order valence-corrected chi connectivity index (χ4v) is 2.89. The Kier molecular flexibility index (Phi) is 4.59. The van der Waals surface area contributed by atoms with Crippen molar-refractivity contribution in [3.8, 4) is 0 Å². The molecule has 1 aromatic heterocycles. The SMILES string of the molecule is CNCc1cc(Br)cnc1N1CCN(C)CC1C. The number of nitrogens with zero attached hydrogens (tertiary/aromatic N) is 3. The zero-order valence-corrected chi connectivity index (χ0v) is 12.9. The molecule has 1 fully saturated rings. The Hall–Kier alpha value is -0.650. The van der Waals surface area contributed by atoms with Crippen molar-refractivity contribution >= 4 is 21.7 Å². The van der Waals surface area contributed by atoms with Gasteiger partial charge in [0.15, 0.2) is 0 Å². The van der Waals surface area contributed by atoms with Crippen LogP contribution < -0.4 is 10.2 Å². The van der Waals surface area contributed by atoms with Crippen LogP contribution in [0.15, 0.2) is 16.7 Å². The van der Waals surface area contributed by atoms with E-state index in [-0.39, 0.29) is 0 Å². The molecule has 0 bridgehead atoms. The van der Waals surface area contributed by atoms with Crippen LogP contribution in [-0.2, 0) is 6.54 Å². The molecule has 0 spiro atoms. The van der Waals surface area contributed by atoms with Crippen molar-refractivity contribution in [2.24, 2.45) is 0 Å². The second kappa shape index (κ2) is 5.99. The van der Waals surface area contributed by atoms with Gasteiger partial charge in [0.05, 0.1) is 0 Å². The Bertz CT molecular complexity index is 410. The molecule has 5 heteroatoms. The van der Waals surface area contributed by atoms with Crippen LogP contribution in [0.5, 0.6) is 0 Å². The molecule has 1 unspecified atom stereocenters. The second-order valence-electron chi connectivity index (χ2n) is 4.97. The van der Waals surface area contributed by atoms with Crippen LogP contribution in [0.2, 0.25) is 0 Å². The van der Waals surface area contributed by atoms with Crippen LogP contribution in [0.4, 0.5) is 5.82 Å². The second-order valence-corrected chi connectivity index (χ2v) is 5.89. The minimum Gasteiger partial charge on any atom is -0.351 e. The van der Waals surface area contributed by atoms with Gasteiger partial charge in [0.1, 0.15) is 5.82 Å². The third-order valence-corrected chi connectivity index (χ3v) is 3.81. The molecule has 1 saturated heterocycles. The van der Waals surface area contributed by atoms with Crippen LogP contribution in [-0.4, -0.2) is 49.7 Å². The average molecular weight is 313 g/mol. The summed E-state index contributed by atoms with van der Waals surface area (Å²) in [6.07, 6.45) is 1.89. The molecule has 0 saturated carbocycles. The number of nitrogens with one attached hydrogen (secondary N) is 1. The van der Waals surface area contributed by atoms with Gasteiger partial charge in [-0.2, -0.15) is 0 Å². The van der Waals surface area contributed by atoms with E-state index in [1.165, 1.54) is 5.56 Å². The van der Waals surface area contributed by atoms with E-state index in [4.69, 9.17) is 0 Å². The largest absolute Gasteiger partial charge is 0.351 e. The maximum absolute atomic E-state index is 4.62. The number of pyridine rings is 1. The predicted molar refractivity (Wildman–Crippen MR) is 79.0 cm³/mol. The van der Waals surface area contributed by atoms with Crippen LogP contribution in [0.1, 0.15) is 12.5 Å². The summed E-state index contributed by atoms with van der Waals surface area (Å²) >= 11 is 3.50. The molecule has 1 aliphatic rings. The van der Waals surface area contributed by atoms with Gasteiger partial charge in [0.2, 0.25) is 0 Å². The molecule has 1 atom stereocenters. The third kappa shape index (κ3) is 3.02. The summed E-state index contributed by atoms with van der Waals surface area (Å²) in [5.41, 5.74) is 1.25. The van der Waals surface area contributed by atoms with Crippen LogP contribution in [0, 0.1) is 0 Å². The molecule has 100 valence electrons. The highest BCUT2D eigenvalue weighted by Gasteiger charge is 2.24. The van der Waals surface area contributed by atoms with Gasteiger partial charge >= 0.3 is 0 Å². The van der Waals surface area contributed by atoms with Gasteiger partial charge in [-0.15, -0.1) is 0 Å². The molecule has 0 amide bonds. The number of hydrogen-bond donors (Lipinski definition) is 1. The van der Waals surface area contributed by atoms with E-state index in [1.54, 1.807) is 0 Å². The fraction of sp³-hybridized carbons (Fsp3) is 0.615. The lowest BCUT2D eigenvalue weighted by Crippen LogP contribution is -2.51. The van der Waals surface area contributed by atoms with Crippen LogP contribution >= 0.6 is 15.9 Å². The van der Waals surface area contributed by atoms with Gasteiger partial charge in [0.25, 0.3) is 0 Å². The van der Waals surface area contributed by atoms with Gasteiger partial charge in [-0.05, 0) is 43.0 Å². The van der Waals surface area contributed by atoms with Crippen LogP contribution in [0.25, 0.3) is 0 Å². The van der Waals surface area contributed by atoms with Crippen molar-refractivity contribution in [2.75, 3.05) is 38.6 Å². The zero-order chi connectivity index (χ0) is 13.1. The van der Waals surface area contributed by atoms with Crippen molar-refractivity contribution in [3.63, 3.8) is 0 Å². The number of aromatic nitrogens is 1. The molecule has 0 aliphatic carbocycles. The van der Waals surface area contributed by atoms with Crippen molar-refractivity contribution in [1.29, 1.82) is 0 Å². The summed E-state index contributed by atoms with van der Waals surface area (Å²) in [5.74, 6) is 1.12. The quantitative estimate of drug-likeness (QED) is 0.920. The van der Waals surface area contributed by atoms with E-state index in [0.29, 0.717) is 6.04 Å². The summed E-state index contributed by atoms with van der Waals surface area (Å²) in [6, 6.07) is 2.66. The monoisotopic (exact) mass is 312 g/mol. The molecular formula is C13H21BrN4. The fourth-order valence-electron chi connectivity index (χ4n) is 2.51. The maximum atomic E-state index is 4.62. The van der Waals surface area contributed by atoms with Crippen molar-refractivity contribution < 1.29 is 0 Å². The van der Waals surface area contributed by atoms with Gasteiger partial charge in [-0.1, -0.05) is 0 Å². The standard InChI is InChI=1S/C13H21BrN4/c1-10-9-17(3)4-5-18(10)13-11(7-15-2)6-12(14)8-16-13/h6,8,10,15H,4-5,7,9H2,1-3H3. The Morgan fingerprint density at radius 1 is 1.50 bits per heavy atom.